The third-order valence-electron chi connectivity index (χ3n) is 10.00. The minimum atomic E-state index is 0.944. The highest BCUT2D eigenvalue weighted by molar-refractivity contribution is 5.88. The van der Waals surface area contributed by atoms with Crippen LogP contribution in [0.15, 0.2) is 200 Å². The van der Waals surface area contributed by atoms with E-state index in [1.54, 1.807) is 0 Å². The Labute approximate surface area is 351 Å². The van der Waals surface area contributed by atoms with Crippen molar-refractivity contribution in [1.29, 1.82) is 0 Å². The van der Waals surface area contributed by atoms with Crippen LogP contribution < -0.4 is 0 Å². The summed E-state index contributed by atoms with van der Waals surface area (Å²) >= 11 is 0. The van der Waals surface area contributed by atoms with Gasteiger partial charge in [-0.05, 0) is 122 Å². The van der Waals surface area contributed by atoms with Crippen LogP contribution in [-0.2, 0) is 6.42 Å². The normalized spacial score (nSPS) is 9.88. The molecule has 0 saturated carbocycles. The number of benzene rings is 8. The van der Waals surface area contributed by atoms with Crippen molar-refractivity contribution in [1.82, 2.24) is 0 Å². The Balaban J connectivity index is 0.000000259. The molecule has 0 atom stereocenters. The average Bonchev–Trinajstić information content (AvgIpc) is 3.25. The summed E-state index contributed by atoms with van der Waals surface area (Å²) < 4.78 is 0. The van der Waals surface area contributed by atoms with Gasteiger partial charge in [-0.25, -0.2) is 0 Å². The second-order valence-electron chi connectivity index (χ2n) is 14.6. The smallest absolute Gasteiger partial charge is 0.00170 e. The van der Waals surface area contributed by atoms with Gasteiger partial charge in [0.25, 0.3) is 0 Å². The summed E-state index contributed by atoms with van der Waals surface area (Å²) in [6.45, 7) is 19.1. The molecule has 8 aromatic rings. The first kappa shape index (κ1) is 44.5. The Morgan fingerprint density at radius 3 is 1.16 bits per heavy atom. The fourth-order valence-corrected chi connectivity index (χ4v) is 6.81. The molecule has 294 valence electrons. The largest absolute Gasteiger partial charge is 0.0683 e. The first-order valence-electron chi connectivity index (χ1n) is 20.7. The lowest BCUT2D eigenvalue weighted by Gasteiger charge is -2.18. The highest BCUT2D eigenvalue weighted by Gasteiger charge is 2.14. The molecule has 8 aromatic carbocycles. The highest BCUT2D eigenvalue weighted by atomic mass is 14.2. The zero-order chi connectivity index (χ0) is 41.7. The Morgan fingerprint density at radius 1 is 0.276 bits per heavy atom. The van der Waals surface area contributed by atoms with Gasteiger partial charge in [0, 0.05) is 0 Å². The Kier molecular flexibility index (Phi) is 18.2. The van der Waals surface area contributed by atoms with Gasteiger partial charge in [0.05, 0.1) is 0 Å². The van der Waals surface area contributed by atoms with E-state index >= 15 is 0 Å². The molecule has 0 unspecified atom stereocenters. The molecule has 8 rings (SSSR count). The molecule has 0 aliphatic heterocycles. The standard InChI is InChI=1S/C35H32.3C7H8.C2H6/c1-24-12-5-7-15-28(24)23-29-16-8-10-18-33(29)31-21-20-30(22-27(31)4)34-19-11-14-26(3)35(34)32-17-9-6-13-25(32)2;3*1-7-5-3-2-4-6-7;1-2/h5-22H,23H2,1-4H3;3*2-6H,1H3;1-2H3. The molecule has 0 aliphatic carbocycles. The lowest BCUT2D eigenvalue weighted by molar-refractivity contribution is 1.16. The maximum atomic E-state index is 2.36. The van der Waals surface area contributed by atoms with Gasteiger partial charge < -0.3 is 0 Å². The van der Waals surface area contributed by atoms with Gasteiger partial charge in [-0.3, -0.25) is 0 Å². The number of rotatable bonds is 5. The molecule has 0 fully saturated rings. The first-order chi connectivity index (χ1) is 28.2. The third kappa shape index (κ3) is 13.5. The molecule has 0 saturated heterocycles. The van der Waals surface area contributed by atoms with Crippen molar-refractivity contribution in [3.8, 4) is 33.4 Å². The molecule has 58 heavy (non-hydrogen) atoms. The molecule has 0 N–H and O–H groups in total. The van der Waals surface area contributed by atoms with E-state index in [9.17, 15) is 0 Å². The Hall–Kier alpha value is -6.24. The minimum absolute atomic E-state index is 0.944. The Morgan fingerprint density at radius 2 is 0.690 bits per heavy atom. The lowest BCUT2D eigenvalue weighted by atomic mass is 9.86. The molecule has 0 nitrogen and oxygen atoms in total. The summed E-state index contributed by atoms with van der Waals surface area (Å²) in [4.78, 5) is 0. The zero-order valence-corrected chi connectivity index (χ0v) is 36.3. The topological polar surface area (TPSA) is 0 Å². The molecule has 0 aromatic heterocycles. The first-order valence-corrected chi connectivity index (χ1v) is 20.7. The monoisotopic (exact) mass is 758 g/mol. The maximum absolute atomic E-state index is 2.36. The zero-order valence-electron chi connectivity index (χ0n) is 36.3. The van der Waals surface area contributed by atoms with E-state index in [2.05, 4.69) is 194 Å². The second-order valence-corrected chi connectivity index (χ2v) is 14.6. The van der Waals surface area contributed by atoms with E-state index in [0.29, 0.717) is 0 Å². The van der Waals surface area contributed by atoms with Crippen LogP contribution in [0, 0.1) is 48.5 Å². The van der Waals surface area contributed by atoms with E-state index in [0.717, 1.165) is 6.42 Å². The van der Waals surface area contributed by atoms with E-state index in [4.69, 9.17) is 0 Å². The van der Waals surface area contributed by atoms with Gasteiger partial charge in [-0.1, -0.05) is 231 Å². The molecular weight excluding hydrogens is 697 g/mol. The van der Waals surface area contributed by atoms with Gasteiger partial charge in [0.2, 0.25) is 0 Å². The van der Waals surface area contributed by atoms with E-state index < -0.39 is 0 Å². The van der Waals surface area contributed by atoms with Crippen LogP contribution in [0.25, 0.3) is 33.4 Å². The van der Waals surface area contributed by atoms with Crippen LogP contribution in [0.2, 0.25) is 0 Å². The van der Waals surface area contributed by atoms with Crippen LogP contribution in [-0.4, -0.2) is 0 Å². The summed E-state index contributed by atoms with van der Waals surface area (Å²) in [5, 5.41) is 0. The molecule has 0 aliphatic rings. The summed E-state index contributed by atoms with van der Waals surface area (Å²) in [6, 6.07) is 70.6. The maximum Gasteiger partial charge on any atom is -0.00170 e. The van der Waals surface area contributed by atoms with Crippen molar-refractivity contribution >= 4 is 0 Å². The molecule has 0 amide bonds. The van der Waals surface area contributed by atoms with Crippen molar-refractivity contribution in [3.05, 3.63) is 250 Å². The Bertz CT molecular complexity index is 2300. The van der Waals surface area contributed by atoms with Crippen molar-refractivity contribution < 1.29 is 0 Å². The van der Waals surface area contributed by atoms with Gasteiger partial charge in [-0.15, -0.1) is 0 Å². The van der Waals surface area contributed by atoms with Gasteiger partial charge >= 0.3 is 0 Å². The molecule has 0 radical (unpaired) electrons. The van der Waals surface area contributed by atoms with Crippen LogP contribution in [0.5, 0.6) is 0 Å². The van der Waals surface area contributed by atoms with Gasteiger partial charge in [-0.2, -0.15) is 0 Å². The molecule has 0 heteroatoms. The fraction of sp³-hybridized carbons (Fsp3) is 0.172. The van der Waals surface area contributed by atoms with Crippen LogP contribution in [0.3, 0.4) is 0 Å². The predicted molar refractivity (Wildman–Crippen MR) is 256 cm³/mol. The summed E-state index contributed by atoms with van der Waals surface area (Å²) in [5.74, 6) is 0. The third-order valence-corrected chi connectivity index (χ3v) is 10.00. The van der Waals surface area contributed by atoms with Gasteiger partial charge in [0.15, 0.2) is 0 Å². The van der Waals surface area contributed by atoms with E-state index in [1.807, 2.05) is 68.4 Å². The number of aryl methyl sites for hydroxylation is 7. The van der Waals surface area contributed by atoms with Crippen molar-refractivity contribution in [2.75, 3.05) is 0 Å². The number of hydrogen-bond donors (Lipinski definition) is 0. The molecule has 0 bridgehead atoms. The summed E-state index contributed by atoms with van der Waals surface area (Å²) in [6.07, 6.45) is 0.944. The lowest BCUT2D eigenvalue weighted by Crippen LogP contribution is -1.96. The predicted octanol–water partition coefficient (Wildman–Crippen LogP) is 16.5. The summed E-state index contributed by atoms with van der Waals surface area (Å²) in [7, 11) is 0. The molecule has 0 spiro atoms. The summed E-state index contributed by atoms with van der Waals surface area (Å²) in [5.41, 5.74) is 19.8. The molecule has 0 heterocycles. The van der Waals surface area contributed by atoms with E-state index in [1.165, 1.54) is 83.5 Å². The van der Waals surface area contributed by atoms with Crippen molar-refractivity contribution in [2.24, 2.45) is 0 Å². The van der Waals surface area contributed by atoms with Crippen molar-refractivity contribution in [2.45, 2.75) is 68.7 Å². The van der Waals surface area contributed by atoms with Crippen LogP contribution >= 0.6 is 0 Å². The minimum Gasteiger partial charge on any atom is -0.0683 e. The van der Waals surface area contributed by atoms with E-state index in [-0.39, 0.29) is 0 Å². The van der Waals surface area contributed by atoms with Crippen LogP contribution in [0.4, 0.5) is 0 Å². The SMILES string of the molecule is CC.Cc1ccccc1.Cc1ccccc1.Cc1ccccc1.Cc1ccccc1Cc1ccccc1-c1ccc(-c2cccc(C)c2-c2ccccc2C)cc1C. The highest BCUT2D eigenvalue weighted by Crippen LogP contribution is 2.38. The fourth-order valence-electron chi connectivity index (χ4n) is 6.81. The van der Waals surface area contributed by atoms with Gasteiger partial charge in [0.1, 0.15) is 0 Å². The quantitative estimate of drug-likeness (QED) is 0.164. The second kappa shape index (κ2) is 23.7. The van der Waals surface area contributed by atoms with Crippen molar-refractivity contribution in [3.63, 3.8) is 0 Å². The molecular formula is C58H62. The average molecular weight is 759 g/mol. The van der Waals surface area contributed by atoms with Crippen LogP contribution in [0.1, 0.15) is 63.9 Å². The number of hydrogen-bond acceptors (Lipinski definition) is 0.